The predicted molar refractivity (Wildman–Crippen MR) is 39.8 cm³/mol. The van der Waals surface area contributed by atoms with E-state index in [-0.39, 0.29) is 0 Å². The summed E-state index contributed by atoms with van der Waals surface area (Å²) in [4.78, 5) is 10.4. The zero-order chi connectivity index (χ0) is 9.30. The van der Waals surface area contributed by atoms with E-state index in [1.54, 1.807) is 6.92 Å². The lowest BCUT2D eigenvalue weighted by Gasteiger charge is -2.01. The Morgan fingerprint density at radius 2 is 2.08 bits per heavy atom. The number of hydrogen-bond acceptors (Lipinski definition) is 2. The van der Waals surface area contributed by atoms with Gasteiger partial charge in [0.1, 0.15) is 17.1 Å². The van der Waals surface area contributed by atoms with E-state index in [1.165, 1.54) is 6.07 Å². The monoisotopic (exact) mass is 170 g/mol. The van der Waals surface area contributed by atoms with Crippen molar-refractivity contribution < 1.29 is 19.4 Å². The van der Waals surface area contributed by atoms with Gasteiger partial charge in [0.05, 0.1) is 0 Å². The average Bonchev–Trinajstić information content (AvgIpc) is 1.82. The highest BCUT2D eigenvalue weighted by atomic mass is 19.1. The van der Waals surface area contributed by atoms with Gasteiger partial charge in [-0.2, -0.15) is 0 Å². The van der Waals surface area contributed by atoms with Crippen LogP contribution in [-0.4, -0.2) is 16.2 Å². The Morgan fingerprint density at radius 1 is 1.50 bits per heavy atom. The highest BCUT2D eigenvalue weighted by Gasteiger charge is 2.15. The van der Waals surface area contributed by atoms with Crippen molar-refractivity contribution in [3.63, 3.8) is 0 Å². The summed E-state index contributed by atoms with van der Waals surface area (Å²) < 4.78 is 12.8. The first kappa shape index (κ1) is 8.52. The maximum absolute atomic E-state index is 12.8. The Labute approximate surface area is 68.1 Å². The van der Waals surface area contributed by atoms with E-state index in [9.17, 15) is 9.18 Å². The van der Waals surface area contributed by atoms with Crippen LogP contribution in [0.2, 0.25) is 0 Å². The summed E-state index contributed by atoms with van der Waals surface area (Å²) in [5, 5.41) is 17.5. The maximum Gasteiger partial charge on any atom is 0.342 e. The number of hydrogen-bond donors (Lipinski definition) is 2. The SMILES string of the molecule is Cc1cc(O)c(C(=O)O)c(F)c1. The summed E-state index contributed by atoms with van der Waals surface area (Å²) in [6.07, 6.45) is 0. The third kappa shape index (κ3) is 1.37. The topological polar surface area (TPSA) is 57.5 Å². The molecule has 2 N–H and O–H groups in total. The van der Waals surface area contributed by atoms with Crippen molar-refractivity contribution in [3.8, 4) is 5.75 Å². The summed E-state index contributed by atoms with van der Waals surface area (Å²) in [5.41, 5.74) is -0.199. The molecule has 1 aromatic rings. The van der Waals surface area contributed by atoms with Gasteiger partial charge in [-0.15, -0.1) is 0 Å². The number of carbonyl (C=O) groups is 1. The Morgan fingerprint density at radius 3 is 2.50 bits per heavy atom. The number of phenols is 1. The molecule has 0 saturated heterocycles. The summed E-state index contributed by atoms with van der Waals surface area (Å²) in [5.74, 6) is -2.93. The van der Waals surface area contributed by atoms with E-state index < -0.39 is 23.1 Å². The van der Waals surface area contributed by atoms with Gasteiger partial charge in [0.2, 0.25) is 0 Å². The van der Waals surface area contributed by atoms with Crippen molar-refractivity contribution in [2.45, 2.75) is 6.92 Å². The van der Waals surface area contributed by atoms with E-state index in [0.29, 0.717) is 5.56 Å². The summed E-state index contributed by atoms with van der Waals surface area (Å²) >= 11 is 0. The second-order valence-corrected chi connectivity index (χ2v) is 2.45. The molecule has 0 aromatic heterocycles. The van der Waals surface area contributed by atoms with Crippen LogP contribution in [0.5, 0.6) is 5.75 Å². The van der Waals surface area contributed by atoms with Crippen molar-refractivity contribution in [1.29, 1.82) is 0 Å². The Kier molecular flexibility index (Phi) is 1.99. The van der Waals surface area contributed by atoms with Gasteiger partial charge in [0.25, 0.3) is 0 Å². The fourth-order valence-electron chi connectivity index (χ4n) is 0.936. The second-order valence-electron chi connectivity index (χ2n) is 2.45. The summed E-state index contributed by atoms with van der Waals surface area (Å²) in [6, 6.07) is 2.26. The molecule has 64 valence electrons. The number of aryl methyl sites for hydroxylation is 1. The van der Waals surface area contributed by atoms with Crippen LogP contribution in [0.1, 0.15) is 15.9 Å². The molecule has 0 aliphatic carbocycles. The normalized spacial score (nSPS) is 9.83. The van der Waals surface area contributed by atoms with E-state index in [0.717, 1.165) is 6.07 Å². The predicted octanol–water partition coefficient (Wildman–Crippen LogP) is 1.54. The van der Waals surface area contributed by atoms with Gasteiger partial charge in [0.15, 0.2) is 0 Å². The van der Waals surface area contributed by atoms with Crippen molar-refractivity contribution in [1.82, 2.24) is 0 Å². The molecule has 0 amide bonds. The number of aromatic carboxylic acids is 1. The van der Waals surface area contributed by atoms with Crippen LogP contribution in [0.25, 0.3) is 0 Å². The number of carboxylic acid groups (broad SMARTS) is 1. The minimum atomic E-state index is -1.47. The molecule has 1 aromatic carbocycles. The Balaban J connectivity index is 3.38. The van der Waals surface area contributed by atoms with Crippen molar-refractivity contribution in [2.24, 2.45) is 0 Å². The fraction of sp³-hybridized carbons (Fsp3) is 0.125. The molecule has 0 heterocycles. The van der Waals surface area contributed by atoms with Crippen LogP contribution >= 0.6 is 0 Å². The van der Waals surface area contributed by atoms with Gasteiger partial charge >= 0.3 is 5.97 Å². The highest BCUT2D eigenvalue weighted by Crippen LogP contribution is 2.21. The maximum atomic E-state index is 12.8. The van der Waals surface area contributed by atoms with Crippen molar-refractivity contribution in [3.05, 3.63) is 29.1 Å². The molecule has 0 spiro atoms. The highest BCUT2D eigenvalue weighted by molar-refractivity contribution is 5.91. The van der Waals surface area contributed by atoms with Crippen LogP contribution in [-0.2, 0) is 0 Å². The van der Waals surface area contributed by atoms with Gasteiger partial charge < -0.3 is 10.2 Å². The Hall–Kier alpha value is -1.58. The van der Waals surface area contributed by atoms with Crippen LogP contribution in [0.3, 0.4) is 0 Å². The lowest BCUT2D eigenvalue weighted by atomic mass is 10.1. The zero-order valence-electron chi connectivity index (χ0n) is 6.34. The number of benzene rings is 1. The van der Waals surface area contributed by atoms with Gasteiger partial charge in [0, 0.05) is 0 Å². The second kappa shape index (κ2) is 2.81. The van der Waals surface area contributed by atoms with Gasteiger partial charge in [-0.05, 0) is 24.6 Å². The quantitative estimate of drug-likeness (QED) is 0.672. The van der Waals surface area contributed by atoms with Gasteiger partial charge in [-0.1, -0.05) is 0 Å². The summed E-state index contributed by atoms with van der Waals surface area (Å²) in [6.45, 7) is 1.56. The van der Waals surface area contributed by atoms with E-state index in [2.05, 4.69) is 0 Å². The summed E-state index contributed by atoms with van der Waals surface area (Å²) in [7, 11) is 0. The van der Waals surface area contributed by atoms with Crippen LogP contribution in [0.4, 0.5) is 4.39 Å². The molecule has 0 unspecified atom stereocenters. The van der Waals surface area contributed by atoms with Crippen molar-refractivity contribution in [2.75, 3.05) is 0 Å². The first-order valence-corrected chi connectivity index (χ1v) is 3.25. The molecule has 0 saturated carbocycles. The minimum absolute atomic E-state index is 0.481. The molecule has 3 nitrogen and oxygen atoms in total. The van der Waals surface area contributed by atoms with Crippen LogP contribution in [0, 0.1) is 12.7 Å². The zero-order valence-corrected chi connectivity index (χ0v) is 6.34. The molecule has 0 bridgehead atoms. The fourth-order valence-corrected chi connectivity index (χ4v) is 0.936. The average molecular weight is 170 g/mol. The first-order valence-electron chi connectivity index (χ1n) is 3.25. The lowest BCUT2D eigenvalue weighted by molar-refractivity contribution is 0.0688. The molecular formula is C8H7FO3. The number of rotatable bonds is 1. The third-order valence-electron chi connectivity index (χ3n) is 1.43. The van der Waals surface area contributed by atoms with Gasteiger partial charge in [-0.25, -0.2) is 9.18 Å². The largest absolute Gasteiger partial charge is 0.507 e. The van der Waals surface area contributed by atoms with Gasteiger partial charge in [-0.3, -0.25) is 0 Å². The van der Waals surface area contributed by atoms with E-state index in [4.69, 9.17) is 10.2 Å². The Bertz CT molecular complexity index is 310. The lowest BCUT2D eigenvalue weighted by Crippen LogP contribution is -2.01. The number of aromatic hydroxyl groups is 1. The standard InChI is InChI=1S/C8H7FO3/c1-4-2-5(9)7(8(11)12)6(10)3-4/h2-3,10H,1H3,(H,11,12). The van der Waals surface area contributed by atoms with E-state index >= 15 is 0 Å². The van der Waals surface area contributed by atoms with E-state index in [1.807, 2.05) is 0 Å². The molecule has 0 aliphatic heterocycles. The third-order valence-corrected chi connectivity index (χ3v) is 1.43. The molecule has 4 heteroatoms. The van der Waals surface area contributed by atoms with Crippen LogP contribution in [0.15, 0.2) is 12.1 Å². The van der Waals surface area contributed by atoms with Crippen LogP contribution < -0.4 is 0 Å². The molecule has 0 radical (unpaired) electrons. The molecule has 1 rings (SSSR count). The first-order chi connectivity index (χ1) is 5.52. The van der Waals surface area contributed by atoms with Crippen molar-refractivity contribution >= 4 is 5.97 Å². The smallest absolute Gasteiger partial charge is 0.342 e. The molecular weight excluding hydrogens is 163 g/mol. The number of carboxylic acids is 1. The molecule has 12 heavy (non-hydrogen) atoms. The molecule has 0 fully saturated rings. The minimum Gasteiger partial charge on any atom is -0.507 e. The molecule has 0 aliphatic rings. The number of halogens is 1. The molecule has 0 atom stereocenters.